The van der Waals surface area contributed by atoms with Gasteiger partial charge in [0.15, 0.2) is 0 Å². The molecule has 5 nitrogen and oxygen atoms in total. The molecule has 1 unspecified atom stereocenters. The zero-order valence-corrected chi connectivity index (χ0v) is 10.8. The quantitative estimate of drug-likeness (QED) is 0.627. The molecule has 0 saturated heterocycles. The fourth-order valence-corrected chi connectivity index (χ4v) is 1.81. The van der Waals surface area contributed by atoms with E-state index in [1.807, 2.05) is 6.07 Å². The molecule has 0 fully saturated rings. The Bertz CT molecular complexity index is 677. The minimum atomic E-state index is -0.445. The number of para-hydroxylation sites is 1. The summed E-state index contributed by atoms with van der Waals surface area (Å²) in [6, 6.07) is 15.2. The molecule has 2 aromatic rings. The van der Waals surface area contributed by atoms with Gasteiger partial charge in [0.1, 0.15) is 17.9 Å². The van der Waals surface area contributed by atoms with Crippen molar-refractivity contribution in [2.75, 3.05) is 0 Å². The summed E-state index contributed by atoms with van der Waals surface area (Å²) in [4.78, 5) is 10.3. The lowest BCUT2D eigenvalue weighted by molar-refractivity contribution is -0.385. The first-order chi connectivity index (χ1) is 9.61. The van der Waals surface area contributed by atoms with Gasteiger partial charge in [0, 0.05) is 12.1 Å². The van der Waals surface area contributed by atoms with Gasteiger partial charge in [0.05, 0.1) is 10.5 Å². The standard InChI is InChI=1S/C15H12N2O3/c1-11(12-6-4-7-14(9-12)17(18)19)20-15-8-3-2-5-13(15)10-16/h2-9,11H,1H3. The van der Waals surface area contributed by atoms with Crippen molar-refractivity contribution in [3.8, 4) is 11.8 Å². The van der Waals surface area contributed by atoms with Crippen LogP contribution in [0.3, 0.4) is 0 Å². The van der Waals surface area contributed by atoms with Crippen molar-refractivity contribution in [1.82, 2.24) is 0 Å². The summed E-state index contributed by atoms with van der Waals surface area (Å²) < 4.78 is 5.71. The van der Waals surface area contributed by atoms with Crippen LogP contribution in [0.1, 0.15) is 24.2 Å². The maximum absolute atomic E-state index is 10.8. The minimum Gasteiger partial charge on any atom is -0.485 e. The number of ether oxygens (including phenoxy) is 1. The Balaban J connectivity index is 2.24. The first kappa shape index (κ1) is 13.6. The van der Waals surface area contributed by atoms with Crippen LogP contribution in [0.2, 0.25) is 0 Å². The molecule has 0 radical (unpaired) electrons. The Morgan fingerprint density at radius 3 is 2.70 bits per heavy atom. The van der Waals surface area contributed by atoms with E-state index < -0.39 is 4.92 Å². The van der Waals surface area contributed by atoms with Crippen LogP contribution in [0.15, 0.2) is 48.5 Å². The molecule has 0 aliphatic rings. The van der Waals surface area contributed by atoms with Crippen LogP contribution in [0.25, 0.3) is 0 Å². The van der Waals surface area contributed by atoms with Gasteiger partial charge in [-0.25, -0.2) is 0 Å². The van der Waals surface area contributed by atoms with Gasteiger partial charge in [-0.15, -0.1) is 0 Å². The molecule has 0 N–H and O–H groups in total. The Kier molecular flexibility index (Phi) is 3.96. The summed E-state index contributed by atoms with van der Waals surface area (Å²) >= 11 is 0. The van der Waals surface area contributed by atoms with Crippen molar-refractivity contribution in [1.29, 1.82) is 5.26 Å². The molecular weight excluding hydrogens is 256 g/mol. The second-order valence-corrected chi connectivity index (χ2v) is 4.22. The monoisotopic (exact) mass is 268 g/mol. The van der Waals surface area contributed by atoms with E-state index >= 15 is 0 Å². The van der Waals surface area contributed by atoms with Gasteiger partial charge in [-0.2, -0.15) is 5.26 Å². The molecule has 5 heteroatoms. The van der Waals surface area contributed by atoms with E-state index in [2.05, 4.69) is 0 Å². The van der Waals surface area contributed by atoms with E-state index in [9.17, 15) is 10.1 Å². The van der Waals surface area contributed by atoms with E-state index in [0.717, 1.165) is 0 Å². The van der Waals surface area contributed by atoms with Gasteiger partial charge in [-0.05, 0) is 24.6 Å². The molecule has 0 aromatic heterocycles. The van der Waals surface area contributed by atoms with E-state index in [4.69, 9.17) is 10.00 Å². The van der Waals surface area contributed by atoms with E-state index in [-0.39, 0.29) is 11.8 Å². The Hall–Kier alpha value is -2.87. The number of nitriles is 1. The number of hydrogen-bond donors (Lipinski definition) is 0. The number of non-ortho nitro benzene ring substituents is 1. The summed E-state index contributed by atoms with van der Waals surface area (Å²) in [6.07, 6.45) is -0.385. The molecule has 0 aliphatic heterocycles. The van der Waals surface area contributed by atoms with Crippen molar-refractivity contribution in [2.45, 2.75) is 13.0 Å². The molecule has 2 aromatic carbocycles. The third-order valence-electron chi connectivity index (χ3n) is 2.86. The van der Waals surface area contributed by atoms with Crippen LogP contribution < -0.4 is 4.74 Å². The SMILES string of the molecule is CC(Oc1ccccc1C#N)c1cccc([N+](=O)[O-])c1. The lowest BCUT2D eigenvalue weighted by atomic mass is 10.1. The summed E-state index contributed by atoms with van der Waals surface area (Å²) in [7, 11) is 0. The number of benzene rings is 2. The second-order valence-electron chi connectivity index (χ2n) is 4.22. The van der Waals surface area contributed by atoms with Crippen LogP contribution in [0, 0.1) is 21.4 Å². The van der Waals surface area contributed by atoms with Crippen molar-refractivity contribution in [3.63, 3.8) is 0 Å². The molecule has 0 saturated carbocycles. The zero-order chi connectivity index (χ0) is 14.5. The number of hydrogen-bond acceptors (Lipinski definition) is 4. The van der Waals surface area contributed by atoms with Crippen LogP contribution in [0.5, 0.6) is 5.75 Å². The fourth-order valence-electron chi connectivity index (χ4n) is 1.81. The molecule has 100 valence electrons. The maximum atomic E-state index is 10.8. The van der Waals surface area contributed by atoms with Crippen molar-refractivity contribution in [2.24, 2.45) is 0 Å². The molecule has 0 heterocycles. The Labute approximate surface area is 116 Å². The molecule has 2 rings (SSSR count). The third-order valence-corrected chi connectivity index (χ3v) is 2.86. The van der Waals surface area contributed by atoms with Crippen molar-refractivity contribution < 1.29 is 9.66 Å². The molecule has 0 spiro atoms. The highest BCUT2D eigenvalue weighted by Gasteiger charge is 2.13. The van der Waals surface area contributed by atoms with Crippen LogP contribution in [-0.4, -0.2) is 4.92 Å². The van der Waals surface area contributed by atoms with Gasteiger partial charge < -0.3 is 4.74 Å². The molecule has 0 aliphatic carbocycles. The summed E-state index contributed by atoms with van der Waals surface area (Å²) in [5.41, 5.74) is 1.14. The minimum absolute atomic E-state index is 0.0199. The fraction of sp³-hybridized carbons (Fsp3) is 0.133. The lowest BCUT2D eigenvalue weighted by Gasteiger charge is -2.15. The highest BCUT2D eigenvalue weighted by atomic mass is 16.6. The molecule has 0 amide bonds. The smallest absolute Gasteiger partial charge is 0.269 e. The number of nitro groups is 1. The number of nitrogens with zero attached hydrogens (tertiary/aromatic N) is 2. The van der Waals surface area contributed by atoms with E-state index in [0.29, 0.717) is 16.9 Å². The largest absolute Gasteiger partial charge is 0.485 e. The summed E-state index contributed by atoms with van der Waals surface area (Å²) in [6.45, 7) is 1.78. The zero-order valence-electron chi connectivity index (χ0n) is 10.8. The first-order valence-corrected chi connectivity index (χ1v) is 6.02. The van der Waals surface area contributed by atoms with Crippen LogP contribution in [-0.2, 0) is 0 Å². The number of rotatable bonds is 4. The maximum Gasteiger partial charge on any atom is 0.269 e. The summed E-state index contributed by atoms with van der Waals surface area (Å²) in [5.74, 6) is 0.467. The van der Waals surface area contributed by atoms with Crippen molar-refractivity contribution >= 4 is 5.69 Å². The molecule has 20 heavy (non-hydrogen) atoms. The lowest BCUT2D eigenvalue weighted by Crippen LogP contribution is -2.04. The van der Waals surface area contributed by atoms with Gasteiger partial charge in [0.25, 0.3) is 5.69 Å². The first-order valence-electron chi connectivity index (χ1n) is 6.02. The summed E-state index contributed by atoms with van der Waals surface area (Å²) in [5, 5.41) is 19.8. The predicted octanol–water partition coefficient (Wildman–Crippen LogP) is 3.61. The average Bonchev–Trinajstić information content (AvgIpc) is 2.48. The van der Waals surface area contributed by atoms with Gasteiger partial charge in [-0.3, -0.25) is 10.1 Å². The van der Waals surface area contributed by atoms with Crippen LogP contribution >= 0.6 is 0 Å². The molecule has 1 atom stereocenters. The van der Waals surface area contributed by atoms with Gasteiger partial charge >= 0.3 is 0 Å². The predicted molar refractivity (Wildman–Crippen MR) is 73.3 cm³/mol. The van der Waals surface area contributed by atoms with Crippen molar-refractivity contribution in [3.05, 3.63) is 69.8 Å². The Morgan fingerprint density at radius 2 is 2.00 bits per heavy atom. The number of nitro benzene ring substituents is 1. The normalized spacial score (nSPS) is 11.4. The second kappa shape index (κ2) is 5.85. The molecule has 0 bridgehead atoms. The Morgan fingerprint density at radius 1 is 1.25 bits per heavy atom. The van der Waals surface area contributed by atoms with E-state index in [1.165, 1.54) is 12.1 Å². The highest BCUT2D eigenvalue weighted by Crippen LogP contribution is 2.26. The topological polar surface area (TPSA) is 76.2 Å². The average molecular weight is 268 g/mol. The van der Waals surface area contributed by atoms with Crippen LogP contribution in [0.4, 0.5) is 5.69 Å². The van der Waals surface area contributed by atoms with E-state index in [1.54, 1.807) is 43.3 Å². The van der Waals surface area contributed by atoms with Gasteiger partial charge in [0.2, 0.25) is 0 Å². The third kappa shape index (κ3) is 2.93. The molecular formula is C15H12N2O3. The van der Waals surface area contributed by atoms with Gasteiger partial charge in [-0.1, -0.05) is 24.3 Å². The highest BCUT2D eigenvalue weighted by molar-refractivity contribution is 5.43.